The van der Waals surface area contributed by atoms with E-state index in [1.165, 1.54) is 0 Å². The molecule has 0 bridgehead atoms. The predicted molar refractivity (Wildman–Crippen MR) is 74.7 cm³/mol. The molecule has 0 amide bonds. The van der Waals surface area contributed by atoms with Crippen molar-refractivity contribution in [1.82, 2.24) is 14.9 Å². The number of likely N-dealkylation sites (N-methyl/N-ethyl adjacent to an activating group) is 1. The second-order valence-corrected chi connectivity index (χ2v) is 4.91. The highest BCUT2D eigenvalue weighted by molar-refractivity contribution is 5.53. The molecule has 1 aliphatic rings. The number of hydrogen-bond donors (Lipinski definition) is 2. The maximum Gasteiger partial charge on any atom is 0.223 e. The largest absolute Gasteiger partial charge is 0.368 e. The van der Waals surface area contributed by atoms with E-state index >= 15 is 0 Å². The van der Waals surface area contributed by atoms with Gasteiger partial charge in [-0.3, -0.25) is 4.90 Å². The van der Waals surface area contributed by atoms with Gasteiger partial charge < -0.3 is 16.0 Å². The Kier molecular flexibility index (Phi) is 3.86. The van der Waals surface area contributed by atoms with Crippen LogP contribution in [-0.4, -0.2) is 47.7 Å². The molecular weight excluding hydrogens is 228 g/mol. The van der Waals surface area contributed by atoms with Crippen LogP contribution in [0.15, 0.2) is 6.07 Å². The van der Waals surface area contributed by atoms with Crippen LogP contribution >= 0.6 is 0 Å². The van der Waals surface area contributed by atoms with Crippen LogP contribution in [0.25, 0.3) is 0 Å². The van der Waals surface area contributed by atoms with Gasteiger partial charge in [0, 0.05) is 25.2 Å². The van der Waals surface area contributed by atoms with Crippen molar-refractivity contribution in [1.29, 1.82) is 0 Å². The number of aromatic nitrogens is 2. The lowest BCUT2D eigenvalue weighted by Crippen LogP contribution is -2.24. The molecule has 1 aliphatic heterocycles. The SMILES string of the molecule is CC[C@@H](C)Nc1cc(N2CCN(C)C2)nc(N)n1. The van der Waals surface area contributed by atoms with Crippen LogP contribution in [0.2, 0.25) is 0 Å². The Morgan fingerprint density at radius 3 is 2.83 bits per heavy atom. The summed E-state index contributed by atoms with van der Waals surface area (Å²) in [6, 6.07) is 2.36. The van der Waals surface area contributed by atoms with Gasteiger partial charge in [-0.2, -0.15) is 9.97 Å². The fraction of sp³-hybridized carbons (Fsp3) is 0.667. The molecule has 0 saturated carbocycles. The van der Waals surface area contributed by atoms with Gasteiger partial charge in [0.05, 0.1) is 6.67 Å². The molecule has 3 N–H and O–H groups in total. The quantitative estimate of drug-likeness (QED) is 0.830. The van der Waals surface area contributed by atoms with Gasteiger partial charge in [0.2, 0.25) is 5.95 Å². The topological polar surface area (TPSA) is 70.3 Å². The summed E-state index contributed by atoms with van der Waals surface area (Å²) in [5.74, 6) is 2.03. The number of anilines is 3. The molecule has 1 fully saturated rings. The summed E-state index contributed by atoms with van der Waals surface area (Å²) in [5, 5.41) is 3.34. The molecule has 1 aromatic rings. The van der Waals surface area contributed by atoms with Crippen LogP contribution in [0, 0.1) is 0 Å². The smallest absolute Gasteiger partial charge is 0.223 e. The third kappa shape index (κ3) is 3.01. The highest BCUT2D eigenvalue weighted by Gasteiger charge is 2.19. The first-order chi connectivity index (χ1) is 8.58. The molecular formula is C12H22N6. The number of nitrogens with two attached hydrogens (primary N) is 1. The van der Waals surface area contributed by atoms with Crippen LogP contribution in [0.3, 0.4) is 0 Å². The lowest BCUT2D eigenvalue weighted by atomic mass is 10.2. The average molecular weight is 250 g/mol. The lowest BCUT2D eigenvalue weighted by molar-refractivity contribution is 0.420. The molecule has 2 rings (SSSR count). The van der Waals surface area contributed by atoms with Gasteiger partial charge in [0.15, 0.2) is 0 Å². The van der Waals surface area contributed by atoms with E-state index in [4.69, 9.17) is 5.73 Å². The number of nitrogens with zero attached hydrogens (tertiary/aromatic N) is 4. The molecule has 2 heterocycles. The number of nitrogens with one attached hydrogen (secondary N) is 1. The second kappa shape index (κ2) is 5.39. The van der Waals surface area contributed by atoms with E-state index in [1.54, 1.807) is 0 Å². The van der Waals surface area contributed by atoms with Crippen LogP contribution in [0.1, 0.15) is 20.3 Å². The molecule has 0 aromatic carbocycles. The standard InChI is InChI=1S/C12H22N6/c1-4-9(2)14-10-7-11(16-12(13)15-10)18-6-5-17(3)8-18/h7,9H,4-6,8H2,1-3H3,(H3,13,14,15,16)/t9-/m1/s1. The van der Waals surface area contributed by atoms with Crippen molar-refractivity contribution in [3.63, 3.8) is 0 Å². The minimum absolute atomic E-state index is 0.327. The zero-order valence-corrected chi connectivity index (χ0v) is 11.3. The fourth-order valence-electron chi connectivity index (χ4n) is 1.95. The normalized spacial score (nSPS) is 18.1. The molecule has 6 nitrogen and oxygen atoms in total. The van der Waals surface area contributed by atoms with Crippen molar-refractivity contribution in [2.24, 2.45) is 0 Å². The second-order valence-electron chi connectivity index (χ2n) is 4.91. The van der Waals surface area contributed by atoms with Gasteiger partial charge in [-0.25, -0.2) is 0 Å². The van der Waals surface area contributed by atoms with Crippen molar-refractivity contribution in [2.45, 2.75) is 26.3 Å². The Labute approximate surface area is 108 Å². The molecule has 6 heteroatoms. The van der Waals surface area contributed by atoms with Gasteiger partial charge in [-0.05, 0) is 20.4 Å². The molecule has 1 aromatic heterocycles. The highest BCUT2D eigenvalue weighted by atomic mass is 15.4. The van der Waals surface area contributed by atoms with E-state index in [0.29, 0.717) is 12.0 Å². The number of rotatable bonds is 4. The van der Waals surface area contributed by atoms with Gasteiger partial charge in [-0.15, -0.1) is 0 Å². The summed E-state index contributed by atoms with van der Waals surface area (Å²) >= 11 is 0. The Bertz CT molecular complexity index is 408. The van der Waals surface area contributed by atoms with Crippen LogP contribution in [0.4, 0.5) is 17.6 Å². The van der Waals surface area contributed by atoms with Gasteiger partial charge >= 0.3 is 0 Å². The molecule has 0 spiro atoms. The fourth-order valence-corrected chi connectivity index (χ4v) is 1.95. The van der Waals surface area contributed by atoms with Gasteiger partial charge in [0.25, 0.3) is 0 Å². The average Bonchev–Trinajstić information content (AvgIpc) is 2.75. The highest BCUT2D eigenvalue weighted by Crippen LogP contribution is 2.20. The van der Waals surface area contributed by atoms with E-state index in [2.05, 4.69) is 46.0 Å². The Hall–Kier alpha value is -1.56. The molecule has 0 aliphatic carbocycles. The lowest BCUT2D eigenvalue weighted by Gasteiger charge is -2.19. The van der Waals surface area contributed by atoms with Crippen molar-refractivity contribution >= 4 is 17.6 Å². The molecule has 18 heavy (non-hydrogen) atoms. The van der Waals surface area contributed by atoms with E-state index < -0.39 is 0 Å². The number of hydrogen-bond acceptors (Lipinski definition) is 6. The minimum Gasteiger partial charge on any atom is -0.368 e. The first kappa shape index (κ1) is 12.9. The molecule has 1 atom stereocenters. The maximum atomic E-state index is 5.78. The first-order valence-electron chi connectivity index (χ1n) is 6.43. The number of nitrogen functional groups attached to an aromatic ring is 1. The molecule has 0 unspecified atom stereocenters. The maximum absolute atomic E-state index is 5.78. The first-order valence-corrected chi connectivity index (χ1v) is 6.43. The third-order valence-electron chi connectivity index (χ3n) is 3.22. The molecule has 1 saturated heterocycles. The van der Waals surface area contributed by atoms with E-state index in [0.717, 1.165) is 37.8 Å². The molecule has 100 valence electrons. The summed E-state index contributed by atoms with van der Waals surface area (Å²) in [6.45, 7) is 7.19. The monoisotopic (exact) mass is 250 g/mol. The van der Waals surface area contributed by atoms with Gasteiger partial charge in [0.1, 0.15) is 11.6 Å². The Morgan fingerprint density at radius 1 is 1.44 bits per heavy atom. The summed E-state index contributed by atoms with van der Waals surface area (Å²) < 4.78 is 0. The van der Waals surface area contributed by atoms with E-state index in [-0.39, 0.29) is 0 Å². The molecule has 0 radical (unpaired) electrons. The summed E-state index contributed by atoms with van der Waals surface area (Å²) in [6.07, 6.45) is 1.05. The predicted octanol–water partition coefficient (Wildman–Crippen LogP) is 0.978. The van der Waals surface area contributed by atoms with Crippen LogP contribution in [0.5, 0.6) is 0 Å². The summed E-state index contributed by atoms with van der Waals surface area (Å²) in [4.78, 5) is 13.0. The summed E-state index contributed by atoms with van der Waals surface area (Å²) in [7, 11) is 2.10. The van der Waals surface area contributed by atoms with Crippen molar-refractivity contribution in [3.05, 3.63) is 6.07 Å². The van der Waals surface area contributed by atoms with E-state index in [1.807, 2.05) is 6.07 Å². The third-order valence-corrected chi connectivity index (χ3v) is 3.22. The van der Waals surface area contributed by atoms with Crippen LogP contribution < -0.4 is 16.0 Å². The zero-order valence-electron chi connectivity index (χ0n) is 11.3. The Balaban J connectivity index is 2.16. The van der Waals surface area contributed by atoms with Crippen LogP contribution in [-0.2, 0) is 0 Å². The van der Waals surface area contributed by atoms with Crippen molar-refractivity contribution in [3.8, 4) is 0 Å². The van der Waals surface area contributed by atoms with Gasteiger partial charge in [-0.1, -0.05) is 6.92 Å². The zero-order chi connectivity index (χ0) is 13.1. The van der Waals surface area contributed by atoms with E-state index in [9.17, 15) is 0 Å². The van der Waals surface area contributed by atoms with Crippen molar-refractivity contribution < 1.29 is 0 Å². The summed E-state index contributed by atoms with van der Waals surface area (Å²) in [5.41, 5.74) is 5.78. The Morgan fingerprint density at radius 2 is 2.22 bits per heavy atom. The van der Waals surface area contributed by atoms with Crippen molar-refractivity contribution in [2.75, 3.05) is 42.8 Å². The minimum atomic E-state index is 0.327.